The molecule has 4 aromatic rings. The highest BCUT2D eigenvalue weighted by Gasteiger charge is 2.17. The van der Waals surface area contributed by atoms with Gasteiger partial charge in [0.25, 0.3) is 5.56 Å². The highest BCUT2D eigenvalue weighted by molar-refractivity contribution is 7.18. The van der Waals surface area contributed by atoms with Crippen LogP contribution in [0.15, 0.2) is 64.2 Å². The molecule has 0 fully saturated rings. The van der Waals surface area contributed by atoms with Crippen LogP contribution < -0.4 is 11.2 Å². The molecule has 7 heteroatoms. The molecule has 0 spiro atoms. The monoisotopic (exact) mass is 430 g/mol. The van der Waals surface area contributed by atoms with Gasteiger partial charge in [-0.1, -0.05) is 48.3 Å². The molecule has 4 rings (SSSR count). The number of rotatable bonds is 4. The zero-order chi connectivity index (χ0) is 19.8. The molecule has 0 atom stereocenters. The second-order valence-corrected chi connectivity index (χ2v) is 8.39. The quantitative estimate of drug-likeness (QED) is 0.450. The first-order valence-corrected chi connectivity index (χ1v) is 10.3. The number of fused-ring (bicyclic) bond motifs is 1. The molecule has 4 nitrogen and oxygen atoms in total. The summed E-state index contributed by atoms with van der Waals surface area (Å²) in [6.45, 7) is 2.35. The second-order valence-electron chi connectivity index (χ2n) is 6.40. The number of nitrogens with zero attached hydrogens (tertiary/aromatic N) is 2. The van der Waals surface area contributed by atoms with Crippen LogP contribution in [0.2, 0.25) is 10.0 Å². The van der Waals surface area contributed by atoms with Crippen molar-refractivity contribution in [3.05, 3.63) is 95.9 Å². The topological polar surface area (TPSA) is 44.0 Å². The van der Waals surface area contributed by atoms with Gasteiger partial charge in [-0.15, -0.1) is 11.3 Å². The Kier molecular flexibility index (Phi) is 5.15. The van der Waals surface area contributed by atoms with Crippen LogP contribution in [0.25, 0.3) is 15.9 Å². The Morgan fingerprint density at radius 3 is 2.36 bits per heavy atom. The first-order chi connectivity index (χ1) is 13.5. The lowest BCUT2D eigenvalue weighted by Crippen LogP contribution is -2.38. The molecule has 28 heavy (non-hydrogen) atoms. The number of hydrogen-bond acceptors (Lipinski definition) is 3. The molecule has 0 N–H and O–H groups in total. The minimum Gasteiger partial charge on any atom is -0.280 e. The molecule has 0 saturated heterocycles. The Morgan fingerprint density at radius 1 is 0.964 bits per heavy atom. The van der Waals surface area contributed by atoms with Crippen molar-refractivity contribution in [1.29, 1.82) is 0 Å². The molecular weight excluding hydrogens is 415 g/mol. The standard InChI is InChI=1S/C21H16Cl2N2O2S/c1-2-17-11-18-19(26)25(16-8-4-7-15(23)10-16)21(27)24(20(18)28-17)12-13-5-3-6-14(22)9-13/h3-11H,2,12H2,1H3. The van der Waals surface area contributed by atoms with Crippen molar-refractivity contribution < 1.29 is 0 Å². The first kappa shape index (κ1) is 19.0. The molecule has 0 aliphatic carbocycles. The van der Waals surface area contributed by atoms with Gasteiger partial charge in [-0.3, -0.25) is 9.36 Å². The van der Waals surface area contributed by atoms with Crippen molar-refractivity contribution >= 4 is 44.8 Å². The molecule has 0 unspecified atom stereocenters. The van der Waals surface area contributed by atoms with E-state index in [1.807, 2.05) is 31.2 Å². The fraction of sp³-hybridized carbons (Fsp3) is 0.143. The van der Waals surface area contributed by atoms with E-state index < -0.39 is 5.69 Å². The third-order valence-corrected chi connectivity index (χ3v) is 6.28. The number of aromatic nitrogens is 2. The Hall–Kier alpha value is -2.34. The van der Waals surface area contributed by atoms with E-state index in [0.29, 0.717) is 32.5 Å². The number of halogens is 2. The van der Waals surface area contributed by atoms with E-state index >= 15 is 0 Å². The van der Waals surface area contributed by atoms with Crippen molar-refractivity contribution in [3.63, 3.8) is 0 Å². The summed E-state index contributed by atoms with van der Waals surface area (Å²) in [6, 6.07) is 16.0. The lowest BCUT2D eigenvalue weighted by Gasteiger charge is -2.12. The third kappa shape index (κ3) is 3.41. The highest BCUT2D eigenvalue weighted by Crippen LogP contribution is 2.24. The Balaban J connectivity index is 2.03. The van der Waals surface area contributed by atoms with Gasteiger partial charge < -0.3 is 0 Å². The molecule has 0 amide bonds. The number of thiophene rings is 1. The minimum absolute atomic E-state index is 0.320. The maximum atomic E-state index is 13.4. The van der Waals surface area contributed by atoms with Crippen LogP contribution in [0.1, 0.15) is 17.4 Å². The van der Waals surface area contributed by atoms with Gasteiger partial charge in [-0.25, -0.2) is 9.36 Å². The number of aryl methyl sites for hydroxylation is 1. The molecule has 2 aromatic heterocycles. The largest absolute Gasteiger partial charge is 0.337 e. The molecule has 0 aliphatic rings. The summed E-state index contributed by atoms with van der Waals surface area (Å²) in [5, 5.41) is 1.60. The zero-order valence-corrected chi connectivity index (χ0v) is 17.3. The molecular formula is C21H16Cl2N2O2S. The predicted molar refractivity (Wildman–Crippen MR) is 117 cm³/mol. The predicted octanol–water partition coefficient (Wildman–Crippen LogP) is 5.13. The van der Waals surface area contributed by atoms with Crippen LogP contribution in [-0.2, 0) is 13.0 Å². The lowest BCUT2D eigenvalue weighted by molar-refractivity contribution is 0.719. The van der Waals surface area contributed by atoms with Crippen LogP contribution in [-0.4, -0.2) is 9.13 Å². The molecule has 0 saturated carbocycles. The fourth-order valence-electron chi connectivity index (χ4n) is 3.17. The van der Waals surface area contributed by atoms with E-state index in [1.165, 1.54) is 15.9 Å². The number of hydrogen-bond donors (Lipinski definition) is 0. The Morgan fingerprint density at radius 2 is 1.68 bits per heavy atom. The van der Waals surface area contributed by atoms with Gasteiger partial charge in [0.1, 0.15) is 4.83 Å². The summed E-state index contributed by atoms with van der Waals surface area (Å²) in [4.78, 5) is 28.2. The highest BCUT2D eigenvalue weighted by atomic mass is 35.5. The number of benzene rings is 2. The molecule has 2 aromatic carbocycles. The van der Waals surface area contributed by atoms with Crippen molar-refractivity contribution in [2.45, 2.75) is 19.9 Å². The fourth-order valence-corrected chi connectivity index (χ4v) is 4.65. The van der Waals surface area contributed by atoms with Crippen LogP contribution in [0, 0.1) is 0 Å². The van der Waals surface area contributed by atoms with E-state index in [-0.39, 0.29) is 5.56 Å². The van der Waals surface area contributed by atoms with E-state index in [9.17, 15) is 9.59 Å². The molecule has 2 heterocycles. The van der Waals surface area contributed by atoms with Crippen molar-refractivity contribution in [3.8, 4) is 5.69 Å². The summed E-state index contributed by atoms with van der Waals surface area (Å²) in [5.41, 5.74) is 0.608. The van der Waals surface area contributed by atoms with Gasteiger partial charge in [0.15, 0.2) is 0 Å². The Bertz CT molecular complexity index is 1300. The third-order valence-electron chi connectivity index (χ3n) is 4.51. The minimum atomic E-state index is -0.399. The maximum absolute atomic E-state index is 13.4. The first-order valence-electron chi connectivity index (χ1n) is 8.76. The van der Waals surface area contributed by atoms with Crippen molar-refractivity contribution in [1.82, 2.24) is 9.13 Å². The zero-order valence-electron chi connectivity index (χ0n) is 15.0. The summed E-state index contributed by atoms with van der Waals surface area (Å²) < 4.78 is 2.82. The Labute approximate surface area is 175 Å². The van der Waals surface area contributed by atoms with E-state index in [1.54, 1.807) is 34.9 Å². The van der Waals surface area contributed by atoms with E-state index in [4.69, 9.17) is 23.2 Å². The lowest BCUT2D eigenvalue weighted by atomic mass is 10.2. The average Bonchev–Trinajstić information content (AvgIpc) is 3.10. The summed E-state index contributed by atoms with van der Waals surface area (Å²) in [6.07, 6.45) is 0.793. The molecule has 0 aliphatic heterocycles. The smallest absolute Gasteiger partial charge is 0.280 e. The summed E-state index contributed by atoms with van der Waals surface area (Å²) >= 11 is 13.7. The normalized spacial score (nSPS) is 11.2. The van der Waals surface area contributed by atoms with Gasteiger partial charge in [0.2, 0.25) is 0 Å². The van der Waals surface area contributed by atoms with Crippen LogP contribution in [0.3, 0.4) is 0 Å². The molecule has 0 bridgehead atoms. The summed E-state index contributed by atoms with van der Waals surface area (Å²) in [7, 11) is 0. The SMILES string of the molecule is CCc1cc2c(=O)n(-c3cccc(Cl)c3)c(=O)n(Cc3cccc(Cl)c3)c2s1. The van der Waals surface area contributed by atoms with Gasteiger partial charge in [0, 0.05) is 14.9 Å². The second kappa shape index (κ2) is 7.59. The maximum Gasteiger partial charge on any atom is 0.337 e. The van der Waals surface area contributed by atoms with Crippen molar-refractivity contribution in [2.24, 2.45) is 0 Å². The average molecular weight is 431 g/mol. The van der Waals surface area contributed by atoms with Gasteiger partial charge >= 0.3 is 5.69 Å². The summed E-state index contributed by atoms with van der Waals surface area (Å²) in [5.74, 6) is 0. The van der Waals surface area contributed by atoms with E-state index in [2.05, 4.69) is 0 Å². The van der Waals surface area contributed by atoms with Gasteiger partial charge in [-0.05, 0) is 48.4 Å². The molecule has 142 valence electrons. The van der Waals surface area contributed by atoms with Gasteiger partial charge in [-0.2, -0.15) is 0 Å². The van der Waals surface area contributed by atoms with Crippen molar-refractivity contribution in [2.75, 3.05) is 0 Å². The van der Waals surface area contributed by atoms with E-state index in [0.717, 1.165) is 16.9 Å². The van der Waals surface area contributed by atoms with Crippen LogP contribution in [0.4, 0.5) is 0 Å². The van der Waals surface area contributed by atoms with Crippen LogP contribution >= 0.6 is 34.5 Å². The van der Waals surface area contributed by atoms with Gasteiger partial charge in [0.05, 0.1) is 17.6 Å². The van der Waals surface area contributed by atoms with Crippen LogP contribution in [0.5, 0.6) is 0 Å². The molecule has 0 radical (unpaired) electrons.